The van der Waals surface area contributed by atoms with Gasteiger partial charge in [-0.05, 0) is 35.9 Å². The van der Waals surface area contributed by atoms with Gasteiger partial charge in [0.1, 0.15) is 10.6 Å². The molecule has 0 N–H and O–H groups in total. The molecule has 1 fully saturated rings. The van der Waals surface area contributed by atoms with E-state index < -0.39 is 10.0 Å². The first-order chi connectivity index (χ1) is 12.6. The van der Waals surface area contributed by atoms with E-state index in [0.29, 0.717) is 12.2 Å². The third-order valence-corrected chi connectivity index (χ3v) is 7.44. The van der Waals surface area contributed by atoms with Gasteiger partial charge in [-0.2, -0.15) is 9.40 Å². The molecule has 0 amide bonds. The van der Waals surface area contributed by atoms with Crippen LogP contribution in [0.1, 0.15) is 30.9 Å². The molecule has 6 nitrogen and oxygen atoms in total. The number of sulfonamides is 1. The molecule has 4 heterocycles. The quantitative estimate of drug-likeness (QED) is 0.686. The molecule has 0 bridgehead atoms. The molecule has 26 heavy (non-hydrogen) atoms. The molecule has 0 spiro atoms. The van der Waals surface area contributed by atoms with Crippen molar-refractivity contribution in [3.8, 4) is 10.6 Å². The number of rotatable bonds is 4. The van der Waals surface area contributed by atoms with Crippen molar-refractivity contribution in [2.75, 3.05) is 6.54 Å². The van der Waals surface area contributed by atoms with Crippen LogP contribution in [0, 0.1) is 0 Å². The van der Waals surface area contributed by atoms with Crippen LogP contribution in [0.2, 0.25) is 0 Å². The van der Waals surface area contributed by atoms with Crippen molar-refractivity contribution in [2.45, 2.75) is 30.2 Å². The second-order valence-electron chi connectivity index (χ2n) is 6.41. The maximum absolute atomic E-state index is 13.6. The lowest BCUT2D eigenvalue weighted by atomic mass is 9.99. The number of piperidine rings is 1. The smallest absolute Gasteiger partial charge is 0.247 e. The van der Waals surface area contributed by atoms with E-state index in [1.165, 1.54) is 11.3 Å². The summed E-state index contributed by atoms with van der Waals surface area (Å²) in [4.78, 5) is 5.31. The minimum Gasteiger partial charge on any atom is -0.274 e. The van der Waals surface area contributed by atoms with E-state index in [2.05, 4.69) is 10.1 Å². The first kappa shape index (κ1) is 17.4. The molecule has 1 atom stereocenters. The van der Waals surface area contributed by atoms with Gasteiger partial charge in [-0.1, -0.05) is 18.6 Å². The lowest BCUT2D eigenvalue weighted by Gasteiger charge is -2.34. The molecule has 0 radical (unpaired) electrons. The summed E-state index contributed by atoms with van der Waals surface area (Å²) >= 11 is 1.49. The topological polar surface area (TPSA) is 68.1 Å². The zero-order valence-electron chi connectivity index (χ0n) is 14.4. The molecule has 3 aromatic rings. The number of nitrogens with zero attached hydrogens (tertiary/aromatic N) is 4. The minimum atomic E-state index is -3.67. The van der Waals surface area contributed by atoms with Gasteiger partial charge in [0.15, 0.2) is 0 Å². The molecule has 0 aliphatic carbocycles. The van der Waals surface area contributed by atoms with Crippen LogP contribution in [0.3, 0.4) is 0 Å². The summed E-state index contributed by atoms with van der Waals surface area (Å²) < 4.78 is 30.3. The first-order valence-electron chi connectivity index (χ1n) is 8.56. The van der Waals surface area contributed by atoms with Crippen LogP contribution in [0.15, 0.2) is 53.1 Å². The Balaban J connectivity index is 1.79. The average molecular weight is 389 g/mol. The van der Waals surface area contributed by atoms with Gasteiger partial charge in [-0.25, -0.2) is 8.42 Å². The predicted octanol–water partition coefficient (Wildman–Crippen LogP) is 3.46. The van der Waals surface area contributed by atoms with Gasteiger partial charge in [-0.15, -0.1) is 11.3 Å². The van der Waals surface area contributed by atoms with Crippen LogP contribution in [-0.4, -0.2) is 34.0 Å². The van der Waals surface area contributed by atoms with E-state index in [0.717, 1.165) is 29.7 Å². The summed E-state index contributed by atoms with van der Waals surface area (Å²) in [6, 6.07) is 7.44. The average Bonchev–Trinajstić information content (AvgIpc) is 3.32. The van der Waals surface area contributed by atoms with Gasteiger partial charge in [-0.3, -0.25) is 9.67 Å². The van der Waals surface area contributed by atoms with Gasteiger partial charge in [0.25, 0.3) is 0 Å². The zero-order chi connectivity index (χ0) is 18.1. The second kappa shape index (κ2) is 6.94. The van der Waals surface area contributed by atoms with Crippen LogP contribution in [-0.2, 0) is 17.1 Å². The normalized spacial score (nSPS) is 18.9. The maximum Gasteiger partial charge on any atom is 0.247 e. The standard InChI is InChI=1S/C18H20N4O2S2/c1-21-13-17(18(20-21)16-8-5-11-25-16)26(23,24)22-10-3-2-7-15(22)14-6-4-9-19-12-14/h4-6,8-9,11-13,15H,2-3,7,10H2,1H3. The Bertz CT molecular complexity index is 982. The number of hydrogen-bond donors (Lipinski definition) is 0. The van der Waals surface area contributed by atoms with Crippen molar-refractivity contribution in [2.24, 2.45) is 7.05 Å². The molecule has 1 unspecified atom stereocenters. The van der Waals surface area contributed by atoms with Gasteiger partial charge >= 0.3 is 0 Å². The van der Waals surface area contributed by atoms with Crippen molar-refractivity contribution < 1.29 is 8.42 Å². The van der Waals surface area contributed by atoms with Crippen molar-refractivity contribution in [1.29, 1.82) is 0 Å². The maximum atomic E-state index is 13.6. The minimum absolute atomic E-state index is 0.182. The van der Waals surface area contributed by atoms with Crippen molar-refractivity contribution in [3.63, 3.8) is 0 Å². The van der Waals surface area contributed by atoms with Crippen LogP contribution in [0.4, 0.5) is 0 Å². The summed E-state index contributed by atoms with van der Waals surface area (Å²) in [5.74, 6) is 0. The van der Waals surface area contributed by atoms with E-state index in [4.69, 9.17) is 0 Å². The predicted molar refractivity (Wildman–Crippen MR) is 101 cm³/mol. The fourth-order valence-corrected chi connectivity index (χ4v) is 6.12. The zero-order valence-corrected chi connectivity index (χ0v) is 16.1. The highest BCUT2D eigenvalue weighted by atomic mass is 32.2. The SMILES string of the molecule is Cn1cc(S(=O)(=O)N2CCCCC2c2cccnc2)c(-c2cccs2)n1. The molecule has 1 aliphatic heterocycles. The summed E-state index contributed by atoms with van der Waals surface area (Å²) in [5, 5.41) is 6.35. The highest BCUT2D eigenvalue weighted by molar-refractivity contribution is 7.89. The third-order valence-electron chi connectivity index (χ3n) is 4.66. The number of aryl methyl sites for hydroxylation is 1. The van der Waals surface area contributed by atoms with E-state index in [1.54, 1.807) is 34.6 Å². The van der Waals surface area contributed by atoms with Gasteiger partial charge in [0.2, 0.25) is 10.0 Å². The molecule has 3 aromatic heterocycles. The third kappa shape index (κ3) is 3.08. The fourth-order valence-electron chi connectivity index (χ4n) is 3.46. The van der Waals surface area contributed by atoms with Gasteiger partial charge < -0.3 is 0 Å². The second-order valence-corrected chi connectivity index (χ2v) is 9.21. The summed E-state index contributed by atoms with van der Waals surface area (Å²) in [6.45, 7) is 0.515. The van der Waals surface area contributed by atoms with E-state index in [1.807, 2.05) is 29.6 Å². The molecule has 0 saturated carbocycles. The molecule has 1 aliphatic rings. The van der Waals surface area contributed by atoms with Crippen molar-refractivity contribution in [3.05, 3.63) is 53.8 Å². The molecule has 0 aromatic carbocycles. The monoisotopic (exact) mass is 388 g/mol. The Morgan fingerprint density at radius 3 is 2.85 bits per heavy atom. The molecular formula is C18H20N4O2S2. The molecule has 136 valence electrons. The van der Waals surface area contributed by atoms with E-state index >= 15 is 0 Å². The van der Waals surface area contributed by atoms with Crippen molar-refractivity contribution >= 4 is 21.4 Å². The van der Waals surface area contributed by atoms with Crippen LogP contribution < -0.4 is 0 Å². The Morgan fingerprint density at radius 1 is 1.23 bits per heavy atom. The lowest BCUT2D eigenvalue weighted by molar-refractivity contribution is 0.255. The Hall–Kier alpha value is -2.03. The number of thiophene rings is 1. The highest BCUT2D eigenvalue weighted by Gasteiger charge is 2.37. The summed E-state index contributed by atoms with van der Waals surface area (Å²) in [5.41, 5.74) is 1.47. The van der Waals surface area contributed by atoms with Crippen molar-refractivity contribution in [1.82, 2.24) is 19.1 Å². The molecule has 8 heteroatoms. The summed E-state index contributed by atoms with van der Waals surface area (Å²) in [7, 11) is -1.91. The van der Waals surface area contributed by atoms with E-state index in [9.17, 15) is 8.42 Å². The van der Waals surface area contributed by atoms with Crippen LogP contribution in [0.25, 0.3) is 10.6 Å². The highest BCUT2D eigenvalue weighted by Crippen LogP contribution is 2.38. The molecular weight excluding hydrogens is 368 g/mol. The van der Waals surface area contributed by atoms with Gasteiger partial charge in [0.05, 0.1) is 10.9 Å². The first-order valence-corrected chi connectivity index (χ1v) is 10.9. The van der Waals surface area contributed by atoms with E-state index in [-0.39, 0.29) is 10.9 Å². The van der Waals surface area contributed by atoms with Crippen LogP contribution >= 0.6 is 11.3 Å². The Kier molecular flexibility index (Phi) is 4.64. The largest absolute Gasteiger partial charge is 0.274 e. The summed E-state index contributed by atoms with van der Waals surface area (Å²) in [6.07, 6.45) is 7.77. The molecule has 4 rings (SSSR count). The molecule has 1 saturated heterocycles. The van der Waals surface area contributed by atoms with Crippen LogP contribution in [0.5, 0.6) is 0 Å². The fraction of sp³-hybridized carbons (Fsp3) is 0.333. The lowest BCUT2D eigenvalue weighted by Crippen LogP contribution is -2.38. The Labute approximate surface area is 157 Å². The van der Waals surface area contributed by atoms with Gasteiger partial charge in [0, 0.05) is 32.2 Å². The number of hydrogen-bond acceptors (Lipinski definition) is 5. The number of aromatic nitrogens is 3. The number of pyridine rings is 1. The Morgan fingerprint density at radius 2 is 2.12 bits per heavy atom.